The lowest BCUT2D eigenvalue weighted by Gasteiger charge is -2.21. The molecule has 2 nitrogen and oxygen atoms in total. The van der Waals surface area contributed by atoms with Crippen LogP contribution in [0.2, 0.25) is 0 Å². The number of nitrogens with zero attached hydrogens (tertiary/aromatic N) is 1. The van der Waals surface area contributed by atoms with Crippen molar-refractivity contribution >= 4 is 11.3 Å². The van der Waals surface area contributed by atoms with Gasteiger partial charge in [0.2, 0.25) is 0 Å². The van der Waals surface area contributed by atoms with Crippen molar-refractivity contribution in [1.29, 1.82) is 0 Å². The molecule has 0 saturated carbocycles. The summed E-state index contributed by atoms with van der Waals surface area (Å²) in [5.74, 6) is 0. The highest BCUT2D eigenvalue weighted by atomic mass is 32.1. The molecule has 0 aliphatic carbocycles. The SMILES string of the molecule is CCCNC(CN(C)C)c1csc(C)c1. The molecule has 1 aromatic rings. The smallest absolute Gasteiger partial charge is 0.0457 e. The van der Waals surface area contributed by atoms with Crippen LogP contribution in [-0.2, 0) is 0 Å². The summed E-state index contributed by atoms with van der Waals surface area (Å²) in [7, 11) is 4.25. The Morgan fingerprint density at radius 2 is 2.20 bits per heavy atom. The molecule has 1 rings (SSSR count). The zero-order valence-electron chi connectivity index (χ0n) is 10.2. The molecule has 1 aromatic heterocycles. The molecule has 0 bridgehead atoms. The molecular weight excluding hydrogens is 204 g/mol. The predicted molar refractivity (Wildman–Crippen MR) is 68.6 cm³/mol. The van der Waals surface area contributed by atoms with Gasteiger partial charge in [0, 0.05) is 17.5 Å². The number of thiophene rings is 1. The monoisotopic (exact) mass is 226 g/mol. The van der Waals surface area contributed by atoms with E-state index in [0.29, 0.717) is 6.04 Å². The van der Waals surface area contributed by atoms with Gasteiger partial charge in [0.1, 0.15) is 0 Å². The molecule has 1 unspecified atom stereocenters. The van der Waals surface area contributed by atoms with E-state index in [1.165, 1.54) is 16.9 Å². The van der Waals surface area contributed by atoms with Gasteiger partial charge in [-0.05, 0) is 51.0 Å². The quantitative estimate of drug-likeness (QED) is 0.802. The number of likely N-dealkylation sites (N-methyl/N-ethyl adjacent to an activating group) is 1. The molecule has 0 amide bonds. The Morgan fingerprint density at radius 1 is 1.47 bits per heavy atom. The average molecular weight is 226 g/mol. The van der Waals surface area contributed by atoms with Gasteiger partial charge in [0.25, 0.3) is 0 Å². The van der Waals surface area contributed by atoms with E-state index in [0.717, 1.165) is 13.1 Å². The Bertz CT molecular complexity index is 281. The van der Waals surface area contributed by atoms with Gasteiger partial charge in [-0.3, -0.25) is 0 Å². The highest BCUT2D eigenvalue weighted by Crippen LogP contribution is 2.20. The fourth-order valence-corrected chi connectivity index (χ4v) is 2.38. The van der Waals surface area contributed by atoms with Crippen molar-refractivity contribution in [2.24, 2.45) is 0 Å². The minimum absolute atomic E-state index is 0.477. The van der Waals surface area contributed by atoms with Gasteiger partial charge in [-0.15, -0.1) is 11.3 Å². The first-order chi connectivity index (χ1) is 7.13. The molecule has 0 spiro atoms. The molecule has 1 atom stereocenters. The van der Waals surface area contributed by atoms with Crippen LogP contribution in [0.3, 0.4) is 0 Å². The zero-order valence-corrected chi connectivity index (χ0v) is 11.0. The number of hydrogen-bond acceptors (Lipinski definition) is 3. The topological polar surface area (TPSA) is 15.3 Å². The molecule has 1 N–H and O–H groups in total. The molecule has 1 heterocycles. The van der Waals surface area contributed by atoms with Crippen molar-refractivity contribution in [1.82, 2.24) is 10.2 Å². The van der Waals surface area contributed by atoms with Gasteiger partial charge in [-0.2, -0.15) is 0 Å². The average Bonchev–Trinajstić information content (AvgIpc) is 2.58. The van der Waals surface area contributed by atoms with Gasteiger partial charge in [0.05, 0.1) is 0 Å². The zero-order chi connectivity index (χ0) is 11.3. The summed E-state index contributed by atoms with van der Waals surface area (Å²) in [6.45, 7) is 6.53. The minimum Gasteiger partial charge on any atom is -0.309 e. The maximum atomic E-state index is 3.60. The maximum absolute atomic E-state index is 3.60. The number of hydrogen-bond donors (Lipinski definition) is 1. The summed E-state index contributed by atoms with van der Waals surface area (Å²) in [6.07, 6.45) is 1.19. The summed E-state index contributed by atoms with van der Waals surface area (Å²) < 4.78 is 0. The van der Waals surface area contributed by atoms with E-state index < -0.39 is 0 Å². The van der Waals surface area contributed by atoms with Gasteiger partial charge >= 0.3 is 0 Å². The van der Waals surface area contributed by atoms with E-state index in [2.05, 4.69) is 49.6 Å². The molecule has 0 radical (unpaired) electrons. The normalized spacial score (nSPS) is 13.4. The lowest BCUT2D eigenvalue weighted by Crippen LogP contribution is -2.31. The van der Waals surface area contributed by atoms with Gasteiger partial charge < -0.3 is 10.2 Å². The Morgan fingerprint density at radius 3 is 2.67 bits per heavy atom. The third-order valence-corrected chi connectivity index (χ3v) is 3.22. The second kappa shape index (κ2) is 6.26. The van der Waals surface area contributed by atoms with Crippen molar-refractivity contribution in [2.75, 3.05) is 27.2 Å². The molecule has 0 saturated heterocycles. The summed E-state index contributed by atoms with van der Waals surface area (Å²) in [5, 5.41) is 5.87. The third-order valence-electron chi connectivity index (χ3n) is 2.34. The van der Waals surface area contributed by atoms with E-state index in [1.807, 2.05) is 11.3 Å². The van der Waals surface area contributed by atoms with Crippen LogP contribution in [-0.4, -0.2) is 32.1 Å². The van der Waals surface area contributed by atoms with Crippen molar-refractivity contribution in [3.8, 4) is 0 Å². The first-order valence-corrected chi connectivity index (χ1v) is 6.44. The summed E-state index contributed by atoms with van der Waals surface area (Å²) >= 11 is 1.83. The van der Waals surface area contributed by atoms with E-state index in [4.69, 9.17) is 0 Å². The molecule has 0 aliphatic heterocycles. The molecule has 86 valence electrons. The Labute approximate surface area is 97.3 Å². The van der Waals surface area contributed by atoms with Crippen LogP contribution >= 0.6 is 11.3 Å². The van der Waals surface area contributed by atoms with Gasteiger partial charge in [-0.1, -0.05) is 6.92 Å². The summed E-state index contributed by atoms with van der Waals surface area (Å²) in [4.78, 5) is 3.63. The predicted octanol–water partition coefficient (Wildman–Crippen LogP) is 2.66. The first kappa shape index (κ1) is 12.7. The van der Waals surface area contributed by atoms with Crippen molar-refractivity contribution in [2.45, 2.75) is 26.3 Å². The lowest BCUT2D eigenvalue weighted by atomic mass is 10.1. The second-order valence-electron chi connectivity index (χ2n) is 4.26. The Balaban J connectivity index is 2.62. The van der Waals surface area contributed by atoms with Crippen LogP contribution in [0.5, 0.6) is 0 Å². The largest absolute Gasteiger partial charge is 0.309 e. The Hall–Kier alpha value is -0.380. The summed E-state index contributed by atoms with van der Waals surface area (Å²) in [5.41, 5.74) is 1.43. The molecule has 0 fully saturated rings. The van der Waals surface area contributed by atoms with Crippen LogP contribution < -0.4 is 5.32 Å². The highest BCUT2D eigenvalue weighted by Gasteiger charge is 2.12. The third kappa shape index (κ3) is 4.33. The Kier molecular flexibility index (Phi) is 5.29. The van der Waals surface area contributed by atoms with E-state index in [-0.39, 0.29) is 0 Å². The first-order valence-electron chi connectivity index (χ1n) is 5.56. The van der Waals surface area contributed by atoms with Crippen LogP contribution in [0, 0.1) is 6.92 Å². The number of aryl methyl sites for hydroxylation is 1. The van der Waals surface area contributed by atoms with Crippen LogP contribution in [0.1, 0.15) is 29.8 Å². The van der Waals surface area contributed by atoms with E-state index >= 15 is 0 Å². The van der Waals surface area contributed by atoms with Crippen LogP contribution in [0.25, 0.3) is 0 Å². The number of rotatable bonds is 6. The molecular formula is C12H22N2S. The lowest BCUT2D eigenvalue weighted by molar-refractivity contribution is 0.342. The van der Waals surface area contributed by atoms with Crippen molar-refractivity contribution in [3.05, 3.63) is 21.9 Å². The minimum atomic E-state index is 0.477. The van der Waals surface area contributed by atoms with Gasteiger partial charge in [0.15, 0.2) is 0 Å². The molecule has 0 aliphatic rings. The van der Waals surface area contributed by atoms with Crippen LogP contribution in [0.4, 0.5) is 0 Å². The van der Waals surface area contributed by atoms with E-state index in [1.54, 1.807) is 0 Å². The molecule has 0 aromatic carbocycles. The standard InChI is InChI=1S/C12H22N2S/c1-5-6-13-12(8-14(3)4)11-7-10(2)15-9-11/h7,9,12-13H,5-6,8H2,1-4H3. The van der Waals surface area contributed by atoms with Gasteiger partial charge in [-0.25, -0.2) is 0 Å². The summed E-state index contributed by atoms with van der Waals surface area (Å²) in [6, 6.07) is 2.77. The maximum Gasteiger partial charge on any atom is 0.0457 e. The molecule has 15 heavy (non-hydrogen) atoms. The second-order valence-corrected chi connectivity index (χ2v) is 5.37. The van der Waals surface area contributed by atoms with Crippen molar-refractivity contribution < 1.29 is 0 Å². The van der Waals surface area contributed by atoms with Crippen LogP contribution in [0.15, 0.2) is 11.4 Å². The molecule has 3 heteroatoms. The highest BCUT2D eigenvalue weighted by molar-refractivity contribution is 7.10. The van der Waals surface area contributed by atoms with E-state index in [9.17, 15) is 0 Å². The fraction of sp³-hybridized carbons (Fsp3) is 0.667. The fourth-order valence-electron chi connectivity index (χ4n) is 1.62. The van der Waals surface area contributed by atoms with Crippen molar-refractivity contribution in [3.63, 3.8) is 0 Å². The number of nitrogens with one attached hydrogen (secondary N) is 1.